The van der Waals surface area contributed by atoms with E-state index in [0.29, 0.717) is 56.7 Å². The number of anilines is 2. The van der Waals surface area contributed by atoms with Gasteiger partial charge in [-0.25, -0.2) is 9.97 Å². The van der Waals surface area contributed by atoms with Crippen LogP contribution in [-0.2, 0) is 63.8 Å². The molecule has 82 heavy (non-hydrogen) atoms. The molecule has 0 aliphatic carbocycles. The zero-order valence-electron chi connectivity index (χ0n) is 48.4. The zero-order chi connectivity index (χ0) is 56.8. The fourth-order valence-electron chi connectivity index (χ4n) is 10.5. The average molecular weight is 1440 g/mol. The molecule has 0 aliphatic rings. The van der Waals surface area contributed by atoms with E-state index in [4.69, 9.17) is 31.4 Å². The van der Waals surface area contributed by atoms with Crippen molar-refractivity contribution in [2.24, 2.45) is 0 Å². The number of phenols is 2. The van der Waals surface area contributed by atoms with Crippen LogP contribution in [0.5, 0.6) is 11.5 Å². The first-order valence-electron chi connectivity index (χ1n) is 27.2. The van der Waals surface area contributed by atoms with Crippen molar-refractivity contribution in [2.45, 2.75) is 105 Å². The second-order valence-corrected chi connectivity index (χ2v) is 25.2. The van der Waals surface area contributed by atoms with Crippen LogP contribution in [-0.4, -0.2) is 39.3 Å². The molecule has 10 nitrogen and oxygen atoms in total. The Labute approximate surface area is 510 Å². The molecule has 0 amide bonds. The van der Waals surface area contributed by atoms with Crippen LogP contribution in [0.2, 0.25) is 0 Å². The van der Waals surface area contributed by atoms with Gasteiger partial charge in [-0.05, 0) is 116 Å². The number of imidazole rings is 2. The fourth-order valence-corrected chi connectivity index (χ4v) is 10.5. The Balaban J connectivity index is 0.00000405. The van der Waals surface area contributed by atoms with Crippen LogP contribution in [0.3, 0.4) is 0 Å². The molecule has 0 fully saturated rings. The third-order valence-electron chi connectivity index (χ3n) is 15.1. The van der Waals surface area contributed by atoms with Crippen LogP contribution < -0.4 is 11.5 Å². The summed E-state index contributed by atoms with van der Waals surface area (Å²) in [4.78, 5) is 20.3. The van der Waals surface area contributed by atoms with Crippen molar-refractivity contribution < 1.29 is 52.3 Å². The molecule has 0 aliphatic heterocycles. The van der Waals surface area contributed by atoms with E-state index in [1.54, 1.807) is 12.1 Å². The molecule has 0 unspecified atom stereocenters. The molecule has 0 bridgehead atoms. The molecule has 0 saturated heterocycles. The van der Waals surface area contributed by atoms with E-state index >= 15 is 0 Å². The molecule has 11 aromatic rings. The number of para-hydroxylation sites is 4. The smallest absolute Gasteiger partial charge is 0.148 e. The van der Waals surface area contributed by atoms with E-state index in [0.717, 1.165) is 55.7 Å². The number of benzene rings is 8. The van der Waals surface area contributed by atoms with E-state index < -0.39 is 0 Å². The van der Waals surface area contributed by atoms with E-state index in [1.165, 1.54) is 28.6 Å². The minimum absolute atomic E-state index is 0. The van der Waals surface area contributed by atoms with Gasteiger partial charge >= 0.3 is 0 Å². The monoisotopic (exact) mass is 1440 g/mol. The third-order valence-corrected chi connectivity index (χ3v) is 15.1. The van der Waals surface area contributed by atoms with Crippen LogP contribution in [0.4, 0.5) is 11.4 Å². The van der Waals surface area contributed by atoms with Gasteiger partial charge in [-0.15, -0.1) is 47.5 Å². The minimum atomic E-state index is -0.135. The average Bonchev–Trinajstić information content (AvgIpc) is 4.00. The van der Waals surface area contributed by atoms with Crippen molar-refractivity contribution in [1.29, 1.82) is 0 Å². The predicted octanol–water partition coefficient (Wildman–Crippen LogP) is 16.5. The van der Waals surface area contributed by atoms with E-state index in [-0.39, 0.29) is 75.3 Å². The number of nitrogens with two attached hydrogens (primary N) is 2. The largest absolute Gasteiger partial charge is 0.507 e. The SMILES string of the molecule is CC(C)(C)c1cc(-n2c(-c3ccccc3O)nc3c(-c4[c-]c(-c5cc(-c6[c-]c(-c7cccc8c7nc(-c7ccccc7O)n8-c7cc(C(C)(C)C)cc(C(C)(C)C)c7)cc(N)c6)ncn5)cc(N)c4)cccc32)cc(C(C)(C)C)c1.[Pt].[Pt]. The molecule has 0 radical (unpaired) electrons. The van der Waals surface area contributed by atoms with Crippen LogP contribution >= 0.6 is 0 Å². The Kier molecular flexibility index (Phi) is 15.8. The zero-order valence-corrected chi connectivity index (χ0v) is 52.9. The number of hydrogen-bond acceptors (Lipinski definition) is 8. The normalized spacial score (nSPS) is 12.1. The molecule has 0 atom stereocenters. The molecule has 8 aromatic carbocycles. The molecule has 0 saturated carbocycles. The first kappa shape index (κ1) is 59.0. The van der Waals surface area contributed by atoms with Crippen LogP contribution in [0.25, 0.3) is 101 Å². The molecule has 0 spiro atoms. The fraction of sp³-hybridized carbons (Fsp3) is 0.229. The van der Waals surface area contributed by atoms with Gasteiger partial charge in [0.05, 0.1) is 39.5 Å². The van der Waals surface area contributed by atoms with Gasteiger partial charge in [-0.1, -0.05) is 172 Å². The number of nitrogen functional groups attached to an aromatic ring is 2. The summed E-state index contributed by atoms with van der Waals surface area (Å²) in [6, 6.07) is 57.3. The summed E-state index contributed by atoms with van der Waals surface area (Å²) < 4.78 is 4.32. The Morgan fingerprint density at radius 1 is 0.390 bits per heavy atom. The Bertz CT molecular complexity index is 3910. The van der Waals surface area contributed by atoms with Gasteiger partial charge in [0, 0.05) is 64.9 Å². The van der Waals surface area contributed by atoms with Gasteiger partial charge < -0.3 is 21.7 Å². The summed E-state index contributed by atoms with van der Waals surface area (Å²) in [5, 5.41) is 22.8. The van der Waals surface area contributed by atoms with E-state index in [9.17, 15) is 10.2 Å². The van der Waals surface area contributed by atoms with E-state index in [2.05, 4.69) is 153 Å². The van der Waals surface area contributed by atoms with Gasteiger partial charge in [-0.2, -0.15) is 0 Å². The summed E-state index contributed by atoms with van der Waals surface area (Å²) >= 11 is 0. The van der Waals surface area contributed by atoms with Crippen LogP contribution in [0.15, 0.2) is 158 Å². The Morgan fingerprint density at radius 2 is 0.720 bits per heavy atom. The second-order valence-electron chi connectivity index (χ2n) is 25.2. The molecular formula is C70H68N8O2Pt2-2. The maximum Gasteiger partial charge on any atom is 0.148 e. The van der Waals surface area contributed by atoms with Gasteiger partial charge in [0.1, 0.15) is 23.1 Å². The Morgan fingerprint density at radius 3 is 1.06 bits per heavy atom. The third kappa shape index (κ3) is 11.3. The molecule has 3 aromatic heterocycles. The summed E-state index contributed by atoms with van der Waals surface area (Å²) in [5.41, 5.74) is 30.8. The van der Waals surface area contributed by atoms with Crippen molar-refractivity contribution in [3.63, 3.8) is 0 Å². The van der Waals surface area contributed by atoms with Crippen molar-refractivity contribution in [1.82, 2.24) is 29.1 Å². The van der Waals surface area contributed by atoms with Gasteiger partial charge in [0.15, 0.2) is 0 Å². The Hall–Kier alpha value is -7.64. The summed E-state index contributed by atoms with van der Waals surface area (Å²) in [6.07, 6.45) is 1.54. The van der Waals surface area contributed by atoms with Crippen LogP contribution in [0.1, 0.15) is 105 Å². The number of nitrogens with zero attached hydrogens (tertiary/aromatic N) is 6. The molecule has 11 rings (SSSR count). The first-order chi connectivity index (χ1) is 37.8. The topological polar surface area (TPSA) is 154 Å². The molecule has 12 heteroatoms. The summed E-state index contributed by atoms with van der Waals surface area (Å²) in [6.45, 7) is 26.8. The van der Waals surface area contributed by atoms with Gasteiger partial charge in [0.25, 0.3) is 0 Å². The quantitative estimate of drug-likeness (QED) is 0.0866. The number of phenolic OH excluding ortho intramolecular Hbond substituents is 2. The number of fused-ring (bicyclic) bond motifs is 2. The van der Waals surface area contributed by atoms with Crippen molar-refractivity contribution in [3.05, 3.63) is 192 Å². The summed E-state index contributed by atoms with van der Waals surface area (Å²) in [7, 11) is 0. The molecular weight excluding hydrogens is 1370 g/mol. The number of aromatic nitrogens is 6. The van der Waals surface area contributed by atoms with Crippen LogP contribution in [0, 0.1) is 12.1 Å². The minimum Gasteiger partial charge on any atom is -0.507 e. The van der Waals surface area contributed by atoms with E-state index in [1.807, 2.05) is 91.0 Å². The van der Waals surface area contributed by atoms with Gasteiger partial charge in [-0.3, -0.25) is 19.1 Å². The predicted molar refractivity (Wildman–Crippen MR) is 329 cm³/mol. The summed E-state index contributed by atoms with van der Waals surface area (Å²) in [5.74, 6) is 1.49. The second kappa shape index (κ2) is 21.9. The molecule has 6 N–H and O–H groups in total. The van der Waals surface area contributed by atoms with Gasteiger partial charge in [0.2, 0.25) is 0 Å². The van der Waals surface area contributed by atoms with Crippen molar-refractivity contribution in [3.8, 4) is 90.4 Å². The first-order valence-corrected chi connectivity index (χ1v) is 27.2. The van der Waals surface area contributed by atoms with Crippen molar-refractivity contribution >= 4 is 33.4 Å². The number of hydrogen-bond donors (Lipinski definition) is 4. The number of rotatable bonds is 8. The maximum atomic E-state index is 11.4. The molecule has 3 heterocycles. The molecule has 422 valence electrons. The maximum absolute atomic E-state index is 11.4. The standard InChI is InChI=1S/C70H68N8O2.2Pt/c1-67(2,3)45-33-46(68(4,5)6)36-51(35-45)77-59-23-17-21-53(63(59)75-65(77)55-19-13-15-25-61(55)79)41-27-43(31-49(71)29-41)57-39-58(74-40-73-57)44-28-42(30-50(72)32-44)54-22-18-24-60-64(54)76-66(56-20-14-16-26-62(56)80)78(60)52-37-47(69(7,8)9)34-48(38-52)70(10,11)12;;/h13-26,29-40,79-80H,71-72H2,1-12H3;;/q-2;;. The van der Waals surface area contributed by atoms with Crippen molar-refractivity contribution in [2.75, 3.05) is 11.5 Å². The number of aromatic hydroxyl groups is 2.